The van der Waals surface area contributed by atoms with Gasteiger partial charge < -0.3 is 9.84 Å². The molecule has 31 heavy (non-hydrogen) atoms. The van der Waals surface area contributed by atoms with Gasteiger partial charge in [-0.2, -0.15) is 4.98 Å². The van der Waals surface area contributed by atoms with Crippen molar-refractivity contribution in [3.63, 3.8) is 0 Å². The van der Waals surface area contributed by atoms with Crippen molar-refractivity contribution in [3.05, 3.63) is 71.4 Å². The molecular weight excluding hydrogens is 416 g/mol. The number of benzene rings is 2. The number of rotatable bonds is 8. The molecule has 0 aliphatic carbocycles. The van der Waals surface area contributed by atoms with Crippen LogP contribution in [0.3, 0.4) is 0 Å². The smallest absolute Gasteiger partial charge is 0.255 e. The van der Waals surface area contributed by atoms with Crippen LogP contribution < -0.4 is 9.62 Å². The van der Waals surface area contributed by atoms with Gasteiger partial charge in [-0.05, 0) is 48.9 Å². The lowest BCUT2D eigenvalue weighted by atomic mass is 10.1. The highest BCUT2D eigenvalue weighted by Gasteiger charge is 2.16. The van der Waals surface area contributed by atoms with Crippen LogP contribution in [-0.4, -0.2) is 37.3 Å². The third-order valence-electron chi connectivity index (χ3n) is 4.83. The van der Waals surface area contributed by atoms with Gasteiger partial charge in [0, 0.05) is 30.6 Å². The fraction of sp³-hybridized carbons (Fsp3) is 0.318. The quantitative estimate of drug-likeness (QED) is 0.568. The Balaban J connectivity index is 1.62. The molecule has 2 aromatic carbocycles. The summed E-state index contributed by atoms with van der Waals surface area (Å²) in [5.74, 6) is 1.15. The highest BCUT2D eigenvalue weighted by Crippen LogP contribution is 2.19. The molecule has 0 aliphatic rings. The lowest BCUT2D eigenvalue weighted by Gasteiger charge is -2.18. The molecule has 0 aliphatic heterocycles. The average molecular weight is 443 g/mol. The Morgan fingerprint density at radius 3 is 2.29 bits per heavy atom. The SMILES string of the molecule is CCS(=O)(=O)N(C)c1ccc(C(=O)Nc2ccc(Cc3noc(C(C)C)n3)cc2)cc1. The summed E-state index contributed by atoms with van der Waals surface area (Å²) < 4.78 is 30.4. The van der Waals surface area contributed by atoms with Crippen molar-refractivity contribution in [1.82, 2.24) is 10.1 Å². The Morgan fingerprint density at radius 2 is 1.74 bits per heavy atom. The van der Waals surface area contributed by atoms with Gasteiger partial charge in [0.05, 0.1) is 11.4 Å². The molecule has 3 rings (SSSR count). The minimum atomic E-state index is -3.34. The van der Waals surface area contributed by atoms with Crippen LogP contribution in [0.1, 0.15) is 54.3 Å². The first-order chi connectivity index (χ1) is 14.7. The molecule has 164 valence electrons. The van der Waals surface area contributed by atoms with Gasteiger partial charge in [-0.25, -0.2) is 8.42 Å². The van der Waals surface area contributed by atoms with E-state index in [1.54, 1.807) is 31.2 Å². The Morgan fingerprint density at radius 1 is 1.10 bits per heavy atom. The maximum Gasteiger partial charge on any atom is 0.255 e. The number of hydrogen-bond donors (Lipinski definition) is 1. The second-order valence-corrected chi connectivity index (χ2v) is 9.74. The zero-order valence-corrected chi connectivity index (χ0v) is 18.8. The molecule has 1 amide bonds. The fourth-order valence-corrected chi connectivity index (χ4v) is 3.67. The van der Waals surface area contributed by atoms with Crippen molar-refractivity contribution in [2.75, 3.05) is 22.4 Å². The van der Waals surface area contributed by atoms with Crippen LogP contribution in [0.15, 0.2) is 53.1 Å². The molecule has 3 aromatic rings. The molecule has 1 N–H and O–H groups in total. The summed E-state index contributed by atoms with van der Waals surface area (Å²) in [4.78, 5) is 16.9. The molecule has 0 atom stereocenters. The minimum absolute atomic E-state index is 0.00728. The predicted molar refractivity (Wildman–Crippen MR) is 120 cm³/mol. The van der Waals surface area contributed by atoms with Crippen molar-refractivity contribution < 1.29 is 17.7 Å². The lowest BCUT2D eigenvalue weighted by molar-refractivity contribution is 0.102. The Hall–Kier alpha value is -3.20. The Labute approximate surface area is 182 Å². The topological polar surface area (TPSA) is 105 Å². The predicted octanol–water partition coefficient (Wildman–Crippen LogP) is 3.82. The molecule has 0 bridgehead atoms. The van der Waals surface area contributed by atoms with E-state index in [0.29, 0.717) is 35.1 Å². The molecule has 0 fully saturated rings. The maximum absolute atomic E-state index is 12.5. The second-order valence-electron chi connectivity index (χ2n) is 7.45. The molecule has 0 saturated heterocycles. The molecule has 0 saturated carbocycles. The number of anilines is 2. The molecule has 0 radical (unpaired) electrons. The van der Waals surface area contributed by atoms with Gasteiger partial charge in [0.2, 0.25) is 15.9 Å². The number of amides is 1. The van der Waals surface area contributed by atoms with E-state index < -0.39 is 10.0 Å². The number of sulfonamides is 1. The van der Waals surface area contributed by atoms with Crippen molar-refractivity contribution in [3.8, 4) is 0 Å². The van der Waals surface area contributed by atoms with E-state index in [4.69, 9.17) is 4.52 Å². The van der Waals surface area contributed by atoms with E-state index in [2.05, 4.69) is 15.5 Å². The van der Waals surface area contributed by atoms with Gasteiger partial charge in [0.15, 0.2) is 5.82 Å². The van der Waals surface area contributed by atoms with Crippen LogP contribution in [0, 0.1) is 0 Å². The summed E-state index contributed by atoms with van der Waals surface area (Å²) in [5.41, 5.74) is 2.59. The average Bonchev–Trinajstić information content (AvgIpc) is 3.23. The summed E-state index contributed by atoms with van der Waals surface area (Å²) in [7, 11) is -1.85. The lowest BCUT2D eigenvalue weighted by Crippen LogP contribution is -2.28. The van der Waals surface area contributed by atoms with E-state index in [-0.39, 0.29) is 17.6 Å². The standard InChI is InChI=1S/C22H26N4O4S/c1-5-31(28,29)26(4)19-12-8-17(9-13-19)21(27)23-18-10-6-16(7-11-18)14-20-24-22(15(2)3)30-25-20/h6-13,15H,5,14H2,1-4H3,(H,23,27). The first-order valence-corrected chi connectivity index (χ1v) is 11.6. The number of aromatic nitrogens is 2. The van der Waals surface area contributed by atoms with Gasteiger partial charge in [-0.3, -0.25) is 9.10 Å². The maximum atomic E-state index is 12.5. The molecule has 8 nitrogen and oxygen atoms in total. The van der Waals surface area contributed by atoms with Gasteiger partial charge in [0.1, 0.15) is 0 Å². The van der Waals surface area contributed by atoms with Crippen molar-refractivity contribution in [2.24, 2.45) is 0 Å². The minimum Gasteiger partial charge on any atom is -0.339 e. The number of carbonyl (C=O) groups is 1. The molecule has 9 heteroatoms. The van der Waals surface area contributed by atoms with E-state index in [0.717, 1.165) is 5.56 Å². The summed E-state index contributed by atoms with van der Waals surface area (Å²) in [6.45, 7) is 5.57. The molecule has 1 heterocycles. The number of hydrogen-bond acceptors (Lipinski definition) is 6. The van der Waals surface area contributed by atoms with Crippen LogP contribution in [0.25, 0.3) is 0 Å². The van der Waals surface area contributed by atoms with E-state index >= 15 is 0 Å². The van der Waals surface area contributed by atoms with Crippen LogP contribution in [0.2, 0.25) is 0 Å². The zero-order chi connectivity index (χ0) is 22.6. The van der Waals surface area contributed by atoms with E-state index in [1.165, 1.54) is 11.4 Å². The van der Waals surface area contributed by atoms with E-state index in [1.807, 2.05) is 38.1 Å². The monoisotopic (exact) mass is 442 g/mol. The van der Waals surface area contributed by atoms with Crippen molar-refractivity contribution in [2.45, 2.75) is 33.1 Å². The second kappa shape index (κ2) is 9.30. The Kier molecular flexibility index (Phi) is 6.74. The third-order valence-corrected chi connectivity index (χ3v) is 6.60. The molecule has 0 spiro atoms. The highest BCUT2D eigenvalue weighted by atomic mass is 32.2. The first-order valence-electron chi connectivity index (χ1n) is 9.99. The van der Waals surface area contributed by atoms with Crippen LogP contribution in [0.5, 0.6) is 0 Å². The van der Waals surface area contributed by atoms with Crippen LogP contribution in [-0.2, 0) is 16.4 Å². The van der Waals surface area contributed by atoms with Crippen LogP contribution >= 0.6 is 0 Å². The van der Waals surface area contributed by atoms with Gasteiger partial charge in [-0.1, -0.05) is 31.1 Å². The van der Waals surface area contributed by atoms with Gasteiger partial charge >= 0.3 is 0 Å². The van der Waals surface area contributed by atoms with Crippen molar-refractivity contribution >= 4 is 27.3 Å². The number of carbonyl (C=O) groups excluding carboxylic acids is 1. The number of nitrogens with zero attached hydrogens (tertiary/aromatic N) is 3. The summed E-state index contributed by atoms with van der Waals surface area (Å²) >= 11 is 0. The number of nitrogens with one attached hydrogen (secondary N) is 1. The molecule has 1 aromatic heterocycles. The summed E-state index contributed by atoms with van der Waals surface area (Å²) in [5, 5.41) is 6.82. The molecule has 0 unspecified atom stereocenters. The third kappa shape index (κ3) is 5.49. The zero-order valence-electron chi connectivity index (χ0n) is 18.0. The highest BCUT2D eigenvalue weighted by molar-refractivity contribution is 7.92. The fourth-order valence-electron chi connectivity index (χ4n) is 2.84. The van der Waals surface area contributed by atoms with Crippen molar-refractivity contribution in [1.29, 1.82) is 0 Å². The van der Waals surface area contributed by atoms with Crippen LogP contribution in [0.4, 0.5) is 11.4 Å². The molecular formula is C22H26N4O4S. The van der Waals surface area contributed by atoms with Gasteiger partial charge in [0.25, 0.3) is 5.91 Å². The summed E-state index contributed by atoms with van der Waals surface area (Å²) in [6.07, 6.45) is 0.542. The van der Waals surface area contributed by atoms with E-state index in [9.17, 15) is 13.2 Å². The normalized spacial score (nSPS) is 11.5. The summed E-state index contributed by atoms with van der Waals surface area (Å²) in [6, 6.07) is 13.8. The largest absolute Gasteiger partial charge is 0.339 e. The first kappa shape index (κ1) is 22.5. The Bertz CT molecular complexity index is 1140. The van der Waals surface area contributed by atoms with Gasteiger partial charge in [-0.15, -0.1) is 0 Å².